The van der Waals surface area contributed by atoms with Crippen molar-refractivity contribution in [1.29, 1.82) is 0 Å². The second kappa shape index (κ2) is 6.43. The molecule has 1 aliphatic rings. The Morgan fingerprint density at radius 3 is 2.65 bits per heavy atom. The molecule has 0 amide bonds. The summed E-state index contributed by atoms with van der Waals surface area (Å²) in [5.41, 5.74) is 0.518. The molecule has 2 atom stereocenters. The van der Waals surface area contributed by atoms with Crippen LogP contribution in [0.4, 0.5) is 5.69 Å². The lowest BCUT2D eigenvalue weighted by Gasteiger charge is -2.13. The average molecular weight is 300 g/mol. The van der Waals surface area contributed by atoms with E-state index in [1.54, 1.807) is 24.3 Å². The third-order valence-electron chi connectivity index (χ3n) is 2.89. The number of nitrogens with one attached hydrogen (secondary N) is 2. The van der Waals surface area contributed by atoms with Crippen LogP contribution in [0.1, 0.15) is 13.3 Å². The summed E-state index contributed by atoms with van der Waals surface area (Å²) in [5.74, 6) is 0.688. The highest BCUT2D eigenvalue weighted by atomic mass is 32.2. The van der Waals surface area contributed by atoms with Crippen molar-refractivity contribution in [2.24, 2.45) is 0 Å². The van der Waals surface area contributed by atoms with Crippen molar-refractivity contribution in [1.82, 2.24) is 5.32 Å². The molecule has 0 radical (unpaired) electrons. The van der Waals surface area contributed by atoms with Crippen LogP contribution in [0.2, 0.25) is 0 Å². The minimum absolute atomic E-state index is 0.0498. The molecule has 0 bridgehead atoms. The van der Waals surface area contributed by atoms with E-state index in [0.29, 0.717) is 18.0 Å². The maximum atomic E-state index is 11.1. The van der Waals surface area contributed by atoms with Gasteiger partial charge in [0.1, 0.15) is 24.7 Å². The molecular weight excluding hydrogens is 280 g/mol. The van der Waals surface area contributed by atoms with Gasteiger partial charge in [0, 0.05) is 12.2 Å². The zero-order valence-corrected chi connectivity index (χ0v) is 12.4. The van der Waals surface area contributed by atoms with Gasteiger partial charge in [0.05, 0.1) is 6.26 Å². The summed E-state index contributed by atoms with van der Waals surface area (Å²) in [4.78, 5) is 0. The Morgan fingerprint density at radius 1 is 1.40 bits per heavy atom. The van der Waals surface area contributed by atoms with Crippen LogP contribution in [-0.4, -0.2) is 40.2 Å². The van der Waals surface area contributed by atoms with Crippen molar-refractivity contribution in [3.05, 3.63) is 24.3 Å². The lowest BCUT2D eigenvalue weighted by Crippen LogP contribution is -2.22. The van der Waals surface area contributed by atoms with Gasteiger partial charge in [-0.25, -0.2) is 8.42 Å². The van der Waals surface area contributed by atoms with Gasteiger partial charge in [-0.05, 0) is 30.7 Å². The molecule has 1 saturated heterocycles. The molecule has 2 unspecified atom stereocenters. The van der Waals surface area contributed by atoms with Crippen molar-refractivity contribution in [3.63, 3.8) is 0 Å². The Hall–Kier alpha value is -1.31. The van der Waals surface area contributed by atoms with Crippen molar-refractivity contribution in [2.45, 2.75) is 25.7 Å². The molecule has 0 aliphatic carbocycles. The Labute approximate surface area is 119 Å². The van der Waals surface area contributed by atoms with Gasteiger partial charge in [0.15, 0.2) is 0 Å². The number of benzene rings is 1. The van der Waals surface area contributed by atoms with Crippen LogP contribution in [0.25, 0.3) is 0 Å². The van der Waals surface area contributed by atoms with E-state index < -0.39 is 10.0 Å². The van der Waals surface area contributed by atoms with Crippen LogP contribution < -0.4 is 14.8 Å². The summed E-state index contributed by atoms with van der Waals surface area (Å²) < 4.78 is 35.9. The molecule has 7 heteroatoms. The summed E-state index contributed by atoms with van der Waals surface area (Å²) in [7, 11) is -3.24. The molecule has 0 saturated carbocycles. The molecule has 1 fully saturated rings. The molecule has 1 heterocycles. The summed E-state index contributed by atoms with van der Waals surface area (Å²) in [6, 6.07) is 6.79. The van der Waals surface area contributed by atoms with Crippen molar-refractivity contribution < 1.29 is 17.9 Å². The van der Waals surface area contributed by atoms with Gasteiger partial charge in [-0.15, -0.1) is 0 Å². The average Bonchev–Trinajstić information content (AvgIpc) is 2.84. The number of ether oxygens (including phenoxy) is 2. The van der Waals surface area contributed by atoms with E-state index in [1.165, 1.54) is 0 Å². The zero-order valence-electron chi connectivity index (χ0n) is 11.6. The van der Waals surface area contributed by atoms with Crippen LogP contribution in [0, 0.1) is 0 Å². The Kier molecular flexibility index (Phi) is 4.85. The molecule has 112 valence electrons. The van der Waals surface area contributed by atoms with Crippen LogP contribution in [0.5, 0.6) is 5.75 Å². The predicted molar refractivity (Wildman–Crippen MR) is 77.4 cm³/mol. The molecule has 6 nitrogen and oxygen atoms in total. The summed E-state index contributed by atoms with van der Waals surface area (Å²) in [6.45, 7) is 3.32. The van der Waals surface area contributed by atoms with Crippen molar-refractivity contribution >= 4 is 15.7 Å². The van der Waals surface area contributed by atoms with Crippen LogP contribution in [0.3, 0.4) is 0 Å². The van der Waals surface area contributed by atoms with Gasteiger partial charge in [-0.3, -0.25) is 10.0 Å². The first-order valence-electron chi connectivity index (χ1n) is 6.56. The minimum Gasteiger partial charge on any atom is -0.491 e. The van der Waals surface area contributed by atoms with Gasteiger partial charge < -0.3 is 9.47 Å². The zero-order chi connectivity index (χ0) is 14.6. The fraction of sp³-hybridized carbons (Fsp3) is 0.538. The summed E-state index contributed by atoms with van der Waals surface area (Å²) >= 11 is 0. The number of rotatable bonds is 6. The lowest BCUT2D eigenvalue weighted by molar-refractivity contribution is 0.0153. The molecule has 1 aliphatic heterocycles. The molecule has 0 aromatic heterocycles. The van der Waals surface area contributed by atoms with Crippen molar-refractivity contribution in [2.75, 3.05) is 24.1 Å². The molecule has 2 N–H and O–H groups in total. The third-order valence-corrected chi connectivity index (χ3v) is 3.50. The second-order valence-corrected chi connectivity index (χ2v) is 6.52. The largest absolute Gasteiger partial charge is 0.491 e. The van der Waals surface area contributed by atoms with Crippen LogP contribution >= 0.6 is 0 Å². The highest BCUT2D eigenvalue weighted by molar-refractivity contribution is 7.92. The second-order valence-electron chi connectivity index (χ2n) is 4.77. The molecule has 1 aromatic carbocycles. The van der Waals surface area contributed by atoms with Gasteiger partial charge in [0.25, 0.3) is 0 Å². The lowest BCUT2D eigenvalue weighted by atomic mass is 10.3. The third kappa shape index (κ3) is 4.66. The summed E-state index contributed by atoms with van der Waals surface area (Å²) in [5, 5.41) is 3.25. The van der Waals surface area contributed by atoms with E-state index in [9.17, 15) is 8.42 Å². The fourth-order valence-corrected chi connectivity index (χ4v) is 2.52. The molecular formula is C13H20N2O4S. The maximum absolute atomic E-state index is 11.1. The smallest absolute Gasteiger partial charge is 0.229 e. The first-order valence-corrected chi connectivity index (χ1v) is 8.45. The molecule has 1 aromatic rings. The molecule has 2 rings (SSSR count). The monoisotopic (exact) mass is 300 g/mol. The minimum atomic E-state index is -3.24. The molecule has 0 spiro atoms. The Bertz CT molecular complexity index is 530. The van der Waals surface area contributed by atoms with Crippen LogP contribution in [-0.2, 0) is 14.8 Å². The van der Waals surface area contributed by atoms with E-state index in [0.717, 1.165) is 19.2 Å². The Morgan fingerprint density at radius 2 is 2.10 bits per heavy atom. The van der Waals surface area contributed by atoms with Gasteiger partial charge >= 0.3 is 0 Å². The molecule has 20 heavy (non-hydrogen) atoms. The number of anilines is 1. The maximum Gasteiger partial charge on any atom is 0.229 e. The number of hydrogen-bond donors (Lipinski definition) is 2. The standard InChI is InChI=1S/C13H20N2O4S/c1-3-13-14-8-12(19-13)9-18-11-6-4-10(5-7-11)15-20(2,16)17/h4-7,12-15H,3,8-9H2,1-2H3. The fourth-order valence-electron chi connectivity index (χ4n) is 1.95. The van der Waals surface area contributed by atoms with E-state index in [2.05, 4.69) is 17.0 Å². The van der Waals surface area contributed by atoms with Crippen LogP contribution in [0.15, 0.2) is 24.3 Å². The van der Waals surface area contributed by atoms with E-state index in [1.807, 2.05) is 0 Å². The SMILES string of the molecule is CCC1NCC(COc2ccc(NS(C)(=O)=O)cc2)O1. The predicted octanol–water partition coefficient (Wildman–Crippen LogP) is 1.16. The van der Waals surface area contributed by atoms with Gasteiger partial charge in [0.2, 0.25) is 10.0 Å². The van der Waals surface area contributed by atoms with E-state index in [4.69, 9.17) is 9.47 Å². The topological polar surface area (TPSA) is 76.7 Å². The highest BCUT2D eigenvalue weighted by Gasteiger charge is 2.23. The van der Waals surface area contributed by atoms with Gasteiger partial charge in [-0.1, -0.05) is 6.92 Å². The van der Waals surface area contributed by atoms with E-state index >= 15 is 0 Å². The number of hydrogen-bond acceptors (Lipinski definition) is 5. The van der Waals surface area contributed by atoms with Crippen molar-refractivity contribution in [3.8, 4) is 5.75 Å². The first kappa shape index (κ1) is 15.1. The first-order chi connectivity index (χ1) is 9.46. The van der Waals surface area contributed by atoms with Gasteiger partial charge in [-0.2, -0.15) is 0 Å². The highest BCUT2D eigenvalue weighted by Crippen LogP contribution is 2.17. The Balaban J connectivity index is 1.82. The quantitative estimate of drug-likeness (QED) is 0.824. The number of sulfonamides is 1. The summed E-state index contributed by atoms with van der Waals surface area (Å²) in [6.07, 6.45) is 2.22. The normalized spacial score (nSPS) is 22.7. The van der Waals surface area contributed by atoms with E-state index in [-0.39, 0.29) is 12.3 Å².